The highest BCUT2D eigenvalue weighted by molar-refractivity contribution is 5.34. The molecule has 1 N–H and O–H groups in total. The summed E-state index contributed by atoms with van der Waals surface area (Å²) < 4.78 is 3.86. The molecule has 124 valence electrons. The molecule has 0 spiro atoms. The van der Waals surface area contributed by atoms with Crippen LogP contribution < -0.4 is 0 Å². The molecule has 2 aromatic heterocycles. The summed E-state index contributed by atoms with van der Waals surface area (Å²) in [5.41, 5.74) is 3.04. The minimum Gasteiger partial charge on any atom is -0.387 e. The Kier molecular flexibility index (Phi) is 3.87. The van der Waals surface area contributed by atoms with Crippen molar-refractivity contribution in [3.63, 3.8) is 0 Å². The molecule has 1 aromatic carbocycles. The first kappa shape index (κ1) is 15.0. The Hall–Kier alpha value is -2.51. The van der Waals surface area contributed by atoms with Crippen molar-refractivity contribution in [3.05, 3.63) is 60.4 Å². The van der Waals surface area contributed by atoms with Gasteiger partial charge in [0.15, 0.2) is 0 Å². The molecule has 1 atom stereocenters. The lowest BCUT2D eigenvalue weighted by Crippen LogP contribution is -2.47. The summed E-state index contributed by atoms with van der Waals surface area (Å²) in [5, 5.41) is 17.6. The Balaban J connectivity index is 1.33. The average molecular weight is 324 g/mol. The summed E-state index contributed by atoms with van der Waals surface area (Å²) in [4.78, 5) is 6.44. The van der Waals surface area contributed by atoms with Crippen molar-refractivity contribution in [1.82, 2.24) is 29.4 Å². The van der Waals surface area contributed by atoms with Crippen molar-refractivity contribution >= 4 is 0 Å². The number of hydrogen-bond acceptors (Lipinski definition) is 5. The summed E-state index contributed by atoms with van der Waals surface area (Å²) in [5.74, 6) is 0. The van der Waals surface area contributed by atoms with Gasteiger partial charge in [-0.25, -0.2) is 9.67 Å². The molecule has 1 unspecified atom stereocenters. The van der Waals surface area contributed by atoms with Gasteiger partial charge in [0.05, 0.1) is 24.7 Å². The van der Waals surface area contributed by atoms with Gasteiger partial charge in [-0.3, -0.25) is 4.90 Å². The second-order valence-electron chi connectivity index (χ2n) is 6.28. The smallest absolute Gasteiger partial charge is 0.111 e. The third kappa shape index (κ3) is 2.95. The highest BCUT2D eigenvalue weighted by Crippen LogP contribution is 2.23. The van der Waals surface area contributed by atoms with E-state index in [9.17, 15) is 5.11 Å². The van der Waals surface area contributed by atoms with E-state index in [1.54, 1.807) is 19.4 Å². The lowest BCUT2D eigenvalue weighted by Gasteiger charge is -2.38. The van der Waals surface area contributed by atoms with E-state index < -0.39 is 6.10 Å². The first-order chi connectivity index (χ1) is 11.7. The number of likely N-dealkylation sites (tertiary alicyclic amines) is 1. The van der Waals surface area contributed by atoms with E-state index in [1.807, 2.05) is 21.6 Å². The Morgan fingerprint density at radius 1 is 1.25 bits per heavy atom. The minimum atomic E-state index is -0.566. The Bertz CT molecular complexity index is 787. The van der Waals surface area contributed by atoms with Crippen LogP contribution in [0.15, 0.2) is 49.2 Å². The van der Waals surface area contributed by atoms with Gasteiger partial charge in [0.2, 0.25) is 0 Å². The van der Waals surface area contributed by atoms with Crippen molar-refractivity contribution in [2.24, 2.45) is 0 Å². The van der Waals surface area contributed by atoms with Crippen molar-refractivity contribution in [2.45, 2.75) is 25.6 Å². The number of aromatic nitrogens is 5. The molecule has 0 saturated carbocycles. The predicted molar refractivity (Wildman–Crippen MR) is 88.5 cm³/mol. The molecule has 1 aliphatic heterocycles. The van der Waals surface area contributed by atoms with E-state index in [1.165, 1.54) is 5.56 Å². The van der Waals surface area contributed by atoms with Crippen LogP contribution in [0.2, 0.25) is 0 Å². The van der Waals surface area contributed by atoms with Crippen LogP contribution in [0, 0.1) is 0 Å². The molecule has 7 nitrogen and oxygen atoms in total. The third-order valence-corrected chi connectivity index (χ3v) is 4.41. The Morgan fingerprint density at radius 3 is 2.67 bits per heavy atom. The maximum Gasteiger partial charge on any atom is 0.111 e. The monoisotopic (exact) mass is 324 g/mol. The molecule has 0 aliphatic carbocycles. The van der Waals surface area contributed by atoms with E-state index in [4.69, 9.17) is 0 Å². The second-order valence-corrected chi connectivity index (χ2v) is 6.28. The third-order valence-electron chi connectivity index (χ3n) is 4.41. The lowest BCUT2D eigenvalue weighted by molar-refractivity contribution is 0.0895. The van der Waals surface area contributed by atoms with Crippen molar-refractivity contribution in [1.29, 1.82) is 0 Å². The number of benzene rings is 1. The summed E-state index contributed by atoms with van der Waals surface area (Å²) in [6.07, 6.45) is 6.79. The normalized spacial score (nSPS) is 16.9. The summed E-state index contributed by atoms with van der Waals surface area (Å²) in [6, 6.07) is 8.88. The van der Waals surface area contributed by atoms with Gasteiger partial charge in [-0.05, 0) is 24.6 Å². The second kappa shape index (κ2) is 6.18. The van der Waals surface area contributed by atoms with Gasteiger partial charge < -0.3 is 9.67 Å². The van der Waals surface area contributed by atoms with E-state index in [-0.39, 0.29) is 0 Å². The molecule has 0 amide bonds. The van der Waals surface area contributed by atoms with Gasteiger partial charge in [-0.15, -0.1) is 5.10 Å². The number of hydrogen-bond donors (Lipinski definition) is 1. The van der Waals surface area contributed by atoms with Crippen molar-refractivity contribution in [2.75, 3.05) is 13.1 Å². The maximum absolute atomic E-state index is 9.52. The number of aliphatic hydroxyl groups excluding tert-OH is 1. The van der Waals surface area contributed by atoms with Crippen LogP contribution in [0.4, 0.5) is 0 Å². The molecule has 24 heavy (non-hydrogen) atoms. The Labute approximate surface area is 140 Å². The minimum absolute atomic E-state index is 0.343. The number of aliphatic hydroxyl groups is 1. The molecule has 7 heteroatoms. The van der Waals surface area contributed by atoms with E-state index in [0.717, 1.165) is 25.3 Å². The van der Waals surface area contributed by atoms with Gasteiger partial charge in [0, 0.05) is 37.7 Å². The van der Waals surface area contributed by atoms with E-state index >= 15 is 0 Å². The highest BCUT2D eigenvalue weighted by Gasteiger charge is 2.29. The molecule has 0 radical (unpaired) electrons. The first-order valence-corrected chi connectivity index (χ1v) is 8.08. The molecule has 4 rings (SSSR count). The standard InChI is InChI=1S/C17H20N6O/c1-13(24)17-11-23(20-19-17)16-9-21(10-16)8-14-2-4-15(5-3-14)22-7-6-18-12-22/h2-7,11-13,16,24H,8-10H2,1H3. The fourth-order valence-electron chi connectivity index (χ4n) is 2.94. The van der Waals surface area contributed by atoms with Crippen LogP contribution in [0.3, 0.4) is 0 Å². The molecule has 1 fully saturated rings. The van der Waals surface area contributed by atoms with Crippen LogP contribution in [0.25, 0.3) is 5.69 Å². The highest BCUT2D eigenvalue weighted by atomic mass is 16.3. The number of imidazole rings is 1. The molecule has 0 bridgehead atoms. The summed E-state index contributed by atoms with van der Waals surface area (Å²) in [7, 11) is 0. The van der Waals surface area contributed by atoms with Crippen LogP contribution in [0.5, 0.6) is 0 Å². The van der Waals surface area contributed by atoms with E-state index in [0.29, 0.717) is 11.7 Å². The molecule has 3 heterocycles. The Morgan fingerprint density at radius 2 is 2.04 bits per heavy atom. The lowest BCUT2D eigenvalue weighted by atomic mass is 10.1. The zero-order valence-corrected chi connectivity index (χ0v) is 13.5. The van der Waals surface area contributed by atoms with Crippen molar-refractivity contribution < 1.29 is 5.11 Å². The van der Waals surface area contributed by atoms with E-state index in [2.05, 4.69) is 44.5 Å². The zero-order chi connectivity index (χ0) is 16.5. The SMILES string of the molecule is CC(O)c1cn(C2CN(Cc3ccc(-n4ccnc4)cc3)C2)nn1. The van der Waals surface area contributed by atoms with Gasteiger partial charge in [-0.1, -0.05) is 17.3 Å². The van der Waals surface area contributed by atoms with Crippen LogP contribution in [-0.4, -0.2) is 47.6 Å². The number of nitrogens with zero attached hydrogens (tertiary/aromatic N) is 6. The quantitative estimate of drug-likeness (QED) is 0.771. The van der Waals surface area contributed by atoms with Gasteiger partial charge >= 0.3 is 0 Å². The molecular weight excluding hydrogens is 304 g/mol. The topological polar surface area (TPSA) is 72.0 Å². The molecule has 1 aliphatic rings. The summed E-state index contributed by atoms with van der Waals surface area (Å²) in [6.45, 7) is 4.53. The summed E-state index contributed by atoms with van der Waals surface area (Å²) >= 11 is 0. The van der Waals surface area contributed by atoms with Gasteiger partial charge in [0.1, 0.15) is 5.69 Å². The van der Waals surface area contributed by atoms with Crippen LogP contribution in [-0.2, 0) is 6.54 Å². The fraction of sp³-hybridized carbons (Fsp3) is 0.353. The first-order valence-electron chi connectivity index (χ1n) is 8.08. The van der Waals surface area contributed by atoms with Crippen LogP contribution in [0.1, 0.15) is 30.3 Å². The maximum atomic E-state index is 9.52. The van der Waals surface area contributed by atoms with Gasteiger partial charge in [-0.2, -0.15) is 0 Å². The average Bonchev–Trinajstić information content (AvgIpc) is 3.22. The largest absolute Gasteiger partial charge is 0.387 e. The number of rotatable bonds is 5. The molecule has 3 aromatic rings. The van der Waals surface area contributed by atoms with Gasteiger partial charge in [0.25, 0.3) is 0 Å². The zero-order valence-electron chi connectivity index (χ0n) is 13.5. The fourth-order valence-corrected chi connectivity index (χ4v) is 2.94. The predicted octanol–water partition coefficient (Wildman–Crippen LogP) is 1.57. The van der Waals surface area contributed by atoms with Crippen LogP contribution >= 0.6 is 0 Å². The van der Waals surface area contributed by atoms with Crippen molar-refractivity contribution in [3.8, 4) is 5.69 Å². The molecule has 1 saturated heterocycles. The molecular formula is C17H20N6O.